The van der Waals surface area contributed by atoms with Crippen LogP contribution in [0, 0.1) is 17.1 Å². The third-order valence-corrected chi connectivity index (χ3v) is 4.34. The number of halogens is 2. The fourth-order valence-electron chi connectivity index (χ4n) is 2.66. The minimum absolute atomic E-state index is 0.101. The van der Waals surface area contributed by atoms with E-state index >= 15 is 0 Å². The summed E-state index contributed by atoms with van der Waals surface area (Å²) in [5.41, 5.74) is 2.03. The molecule has 1 unspecified atom stereocenters. The van der Waals surface area contributed by atoms with Crippen LogP contribution in [-0.4, -0.2) is 12.5 Å². The number of amides is 1. The summed E-state index contributed by atoms with van der Waals surface area (Å²) in [5, 5.41) is 12.0. The lowest BCUT2D eigenvalue weighted by Crippen LogP contribution is -2.32. The van der Waals surface area contributed by atoms with Crippen LogP contribution >= 0.6 is 11.6 Å². The molecule has 0 saturated heterocycles. The second kappa shape index (κ2) is 9.03. The van der Waals surface area contributed by atoms with Crippen molar-refractivity contribution in [2.45, 2.75) is 6.04 Å². The predicted molar refractivity (Wildman–Crippen MR) is 105 cm³/mol. The highest BCUT2D eigenvalue weighted by Crippen LogP contribution is 2.30. The number of benzene rings is 3. The van der Waals surface area contributed by atoms with Gasteiger partial charge < -0.3 is 10.1 Å². The van der Waals surface area contributed by atoms with E-state index in [1.807, 2.05) is 42.5 Å². The van der Waals surface area contributed by atoms with Crippen molar-refractivity contribution in [1.82, 2.24) is 5.32 Å². The van der Waals surface area contributed by atoms with Crippen LogP contribution in [0.1, 0.15) is 11.6 Å². The summed E-state index contributed by atoms with van der Waals surface area (Å²) in [5.74, 6) is -0.774. The Morgan fingerprint density at radius 1 is 1.07 bits per heavy atom. The molecular weight excluding hydrogens is 379 g/mol. The number of carbonyl (C=O) groups is 1. The Kier molecular flexibility index (Phi) is 6.25. The highest BCUT2D eigenvalue weighted by Gasteiger charge is 2.18. The van der Waals surface area contributed by atoms with E-state index in [9.17, 15) is 14.4 Å². The molecule has 1 atom stereocenters. The maximum absolute atomic E-state index is 13.8. The molecule has 0 saturated carbocycles. The first-order valence-electron chi connectivity index (χ1n) is 8.49. The van der Waals surface area contributed by atoms with Gasteiger partial charge in [0.25, 0.3) is 5.91 Å². The summed E-state index contributed by atoms with van der Waals surface area (Å²) in [7, 11) is 0. The molecule has 3 rings (SSSR count). The number of hydrogen-bond acceptors (Lipinski definition) is 3. The van der Waals surface area contributed by atoms with Crippen LogP contribution in [0.2, 0.25) is 5.02 Å². The summed E-state index contributed by atoms with van der Waals surface area (Å²) < 4.78 is 19.3. The molecule has 0 spiro atoms. The van der Waals surface area contributed by atoms with Crippen molar-refractivity contribution >= 4 is 17.5 Å². The standard InChI is InChI=1S/C22H16ClFN2O2/c23-18-12-16(15-6-2-1-3-7-15)10-11-21(18)28-14-22(27)26-20(13-25)17-8-4-5-9-19(17)24/h1-12,20H,14H2,(H,26,27). The molecule has 0 aromatic heterocycles. The number of hydrogen-bond donors (Lipinski definition) is 1. The van der Waals surface area contributed by atoms with Gasteiger partial charge in [0.2, 0.25) is 0 Å². The number of nitrogens with zero attached hydrogens (tertiary/aromatic N) is 1. The van der Waals surface area contributed by atoms with Gasteiger partial charge in [-0.1, -0.05) is 66.2 Å². The lowest BCUT2D eigenvalue weighted by Gasteiger charge is -2.14. The monoisotopic (exact) mass is 394 g/mol. The van der Waals surface area contributed by atoms with E-state index in [0.29, 0.717) is 10.8 Å². The Labute approximate surface area is 167 Å². The normalized spacial score (nSPS) is 11.3. The average Bonchev–Trinajstić information content (AvgIpc) is 2.72. The zero-order valence-electron chi connectivity index (χ0n) is 14.7. The third-order valence-electron chi connectivity index (χ3n) is 4.05. The highest BCUT2D eigenvalue weighted by molar-refractivity contribution is 6.32. The summed E-state index contributed by atoms with van der Waals surface area (Å²) in [6.45, 7) is -0.350. The molecule has 0 heterocycles. The van der Waals surface area contributed by atoms with Gasteiger partial charge in [0.05, 0.1) is 11.1 Å². The van der Waals surface area contributed by atoms with E-state index in [2.05, 4.69) is 5.32 Å². The van der Waals surface area contributed by atoms with Crippen molar-refractivity contribution in [2.75, 3.05) is 6.61 Å². The Balaban J connectivity index is 1.63. The van der Waals surface area contributed by atoms with Crippen molar-refractivity contribution in [3.05, 3.63) is 89.2 Å². The maximum Gasteiger partial charge on any atom is 0.259 e. The first kappa shape index (κ1) is 19.4. The first-order valence-corrected chi connectivity index (χ1v) is 8.87. The molecule has 1 amide bonds. The predicted octanol–water partition coefficient (Wildman–Crippen LogP) is 4.91. The van der Waals surface area contributed by atoms with Gasteiger partial charge in [0.15, 0.2) is 6.61 Å². The van der Waals surface area contributed by atoms with Gasteiger partial charge in [0, 0.05) is 5.56 Å². The Hall–Kier alpha value is -3.36. The van der Waals surface area contributed by atoms with Crippen molar-refractivity contribution < 1.29 is 13.9 Å². The van der Waals surface area contributed by atoms with Crippen LogP contribution < -0.4 is 10.1 Å². The molecule has 3 aromatic rings. The van der Waals surface area contributed by atoms with Gasteiger partial charge in [-0.15, -0.1) is 0 Å². The van der Waals surface area contributed by atoms with Crippen LogP contribution in [0.25, 0.3) is 11.1 Å². The molecule has 0 bridgehead atoms. The molecule has 1 N–H and O–H groups in total. The molecule has 0 aliphatic carbocycles. The fourth-order valence-corrected chi connectivity index (χ4v) is 2.90. The molecule has 4 nitrogen and oxygen atoms in total. The van der Waals surface area contributed by atoms with Gasteiger partial charge >= 0.3 is 0 Å². The molecule has 0 aliphatic rings. The van der Waals surface area contributed by atoms with Crippen molar-refractivity contribution in [2.24, 2.45) is 0 Å². The quantitative estimate of drug-likeness (QED) is 0.646. The Bertz CT molecular complexity index is 1020. The molecule has 0 fully saturated rings. The van der Waals surface area contributed by atoms with Crippen molar-refractivity contribution in [3.8, 4) is 22.9 Å². The number of ether oxygens (including phenoxy) is 1. The van der Waals surface area contributed by atoms with Crippen LogP contribution in [-0.2, 0) is 4.79 Å². The number of rotatable bonds is 6. The largest absolute Gasteiger partial charge is 0.482 e. The van der Waals surface area contributed by atoms with Crippen LogP contribution in [0.15, 0.2) is 72.8 Å². The summed E-state index contributed by atoms with van der Waals surface area (Å²) >= 11 is 6.25. The topological polar surface area (TPSA) is 62.1 Å². The SMILES string of the molecule is N#CC(NC(=O)COc1ccc(-c2ccccc2)cc1Cl)c1ccccc1F. The van der Waals surface area contributed by atoms with Crippen molar-refractivity contribution in [3.63, 3.8) is 0 Å². The van der Waals surface area contributed by atoms with Gasteiger partial charge in [-0.25, -0.2) is 4.39 Å². The molecule has 0 radical (unpaired) electrons. The minimum Gasteiger partial charge on any atom is -0.482 e. The zero-order chi connectivity index (χ0) is 19.9. The summed E-state index contributed by atoms with van der Waals surface area (Å²) in [6.07, 6.45) is 0. The average molecular weight is 395 g/mol. The van der Waals surface area contributed by atoms with Gasteiger partial charge in [-0.2, -0.15) is 5.26 Å². The molecule has 0 aliphatic heterocycles. The highest BCUT2D eigenvalue weighted by atomic mass is 35.5. The molecule has 140 valence electrons. The third kappa shape index (κ3) is 4.67. The van der Waals surface area contributed by atoms with E-state index in [0.717, 1.165) is 11.1 Å². The van der Waals surface area contributed by atoms with E-state index in [1.54, 1.807) is 18.2 Å². The smallest absolute Gasteiger partial charge is 0.259 e. The lowest BCUT2D eigenvalue weighted by molar-refractivity contribution is -0.123. The van der Waals surface area contributed by atoms with E-state index in [-0.39, 0.29) is 12.2 Å². The first-order chi connectivity index (χ1) is 13.6. The molecule has 28 heavy (non-hydrogen) atoms. The number of nitriles is 1. The summed E-state index contributed by atoms with van der Waals surface area (Å²) in [4.78, 5) is 12.1. The molecule has 3 aromatic carbocycles. The van der Waals surface area contributed by atoms with Crippen LogP contribution in [0.5, 0.6) is 5.75 Å². The lowest BCUT2D eigenvalue weighted by atomic mass is 10.1. The Morgan fingerprint density at radius 2 is 1.79 bits per heavy atom. The Morgan fingerprint density at radius 3 is 2.46 bits per heavy atom. The molecular formula is C22H16ClFN2O2. The zero-order valence-corrected chi connectivity index (χ0v) is 15.5. The minimum atomic E-state index is -1.10. The number of nitrogens with one attached hydrogen (secondary N) is 1. The molecule has 6 heteroatoms. The van der Waals surface area contributed by atoms with Crippen molar-refractivity contribution in [1.29, 1.82) is 5.26 Å². The second-order valence-electron chi connectivity index (χ2n) is 5.95. The number of carbonyl (C=O) groups excluding carboxylic acids is 1. The summed E-state index contributed by atoms with van der Waals surface area (Å²) in [6, 6.07) is 21.5. The van der Waals surface area contributed by atoms with Gasteiger partial charge in [0.1, 0.15) is 17.6 Å². The fraction of sp³-hybridized carbons (Fsp3) is 0.0909. The van der Waals surface area contributed by atoms with Crippen LogP contribution in [0.3, 0.4) is 0 Å². The van der Waals surface area contributed by atoms with E-state index in [1.165, 1.54) is 18.2 Å². The van der Waals surface area contributed by atoms with E-state index < -0.39 is 17.8 Å². The maximum atomic E-state index is 13.8. The van der Waals surface area contributed by atoms with Gasteiger partial charge in [-0.3, -0.25) is 4.79 Å². The second-order valence-corrected chi connectivity index (χ2v) is 6.36. The van der Waals surface area contributed by atoms with Gasteiger partial charge in [-0.05, 0) is 29.3 Å². The van der Waals surface area contributed by atoms with Crippen LogP contribution in [0.4, 0.5) is 4.39 Å². The van der Waals surface area contributed by atoms with E-state index in [4.69, 9.17) is 16.3 Å².